The lowest BCUT2D eigenvalue weighted by Gasteiger charge is -2.47. The Kier molecular flexibility index (Phi) is 10.2. The number of hydrogen-bond donors (Lipinski definition) is 0. The number of amidine groups is 1. The molecular formula is C36H43Cl2N7O2. The molecule has 9 nitrogen and oxygen atoms in total. The minimum Gasteiger partial charge on any atom is -0.477 e. The Bertz CT molecular complexity index is 1660. The summed E-state index contributed by atoms with van der Waals surface area (Å²) in [7, 11) is 0. The van der Waals surface area contributed by atoms with Gasteiger partial charge in [-0.2, -0.15) is 10.2 Å². The van der Waals surface area contributed by atoms with Gasteiger partial charge >= 0.3 is 6.03 Å². The minimum atomic E-state index is -1.02. The molecule has 5 rings (SSSR count). The Labute approximate surface area is 288 Å². The number of amides is 2. The highest BCUT2D eigenvalue weighted by atomic mass is 35.5. The maximum atomic E-state index is 15.1. The Balaban J connectivity index is 1.69. The third-order valence-corrected chi connectivity index (χ3v) is 9.80. The van der Waals surface area contributed by atoms with E-state index in [2.05, 4.69) is 45.6 Å². The number of carbonyl (C=O) groups is 1. The highest BCUT2D eigenvalue weighted by Gasteiger charge is 2.60. The molecule has 0 unspecified atom stereocenters. The number of benzene rings is 2. The van der Waals surface area contributed by atoms with Crippen molar-refractivity contribution in [2.45, 2.75) is 70.9 Å². The number of halogens is 2. The number of nitriles is 1. The largest absolute Gasteiger partial charge is 0.477 e. The molecule has 3 aromatic rings. The van der Waals surface area contributed by atoms with Gasteiger partial charge in [-0.05, 0) is 69.1 Å². The fourth-order valence-corrected chi connectivity index (χ4v) is 6.63. The van der Waals surface area contributed by atoms with Crippen molar-refractivity contribution in [3.8, 4) is 11.9 Å². The molecule has 2 aliphatic heterocycles. The van der Waals surface area contributed by atoms with E-state index in [-0.39, 0.29) is 11.4 Å². The van der Waals surface area contributed by atoms with Gasteiger partial charge in [0, 0.05) is 54.3 Å². The van der Waals surface area contributed by atoms with E-state index < -0.39 is 11.1 Å². The molecule has 248 valence electrons. The summed E-state index contributed by atoms with van der Waals surface area (Å²) in [6.45, 7) is 15.9. The van der Waals surface area contributed by atoms with Gasteiger partial charge < -0.3 is 9.64 Å². The van der Waals surface area contributed by atoms with Crippen LogP contribution in [0.5, 0.6) is 5.88 Å². The topological polar surface area (TPSA) is 97.9 Å². The van der Waals surface area contributed by atoms with E-state index in [1.807, 2.05) is 65.3 Å². The monoisotopic (exact) mass is 675 g/mol. The Morgan fingerprint density at radius 3 is 2.13 bits per heavy atom. The average molecular weight is 677 g/mol. The molecule has 2 atom stereocenters. The summed E-state index contributed by atoms with van der Waals surface area (Å²) in [5.41, 5.74) is -0.0112. The van der Waals surface area contributed by atoms with E-state index in [1.54, 1.807) is 6.20 Å². The second kappa shape index (κ2) is 13.8. The second-order valence-electron chi connectivity index (χ2n) is 13.4. The summed E-state index contributed by atoms with van der Waals surface area (Å²) in [5, 5.41) is 10.2. The molecule has 0 spiro atoms. The summed E-state index contributed by atoms with van der Waals surface area (Å²) < 4.78 is 6.15. The lowest BCUT2D eigenvalue weighted by Crippen LogP contribution is -2.60. The first-order valence-electron chi connectivity index (χ1n) is 16.1. The Morgan fingerprint density at radius 2 is 1.57 bits per heavy atom. The van der Waals surface area contributed by atoms with E-state index >= 15 is 4.79 Å². The standard InChI is InChI=1S/C36H43Cl2N7O2/c1-7-47-31-29(24-40-32(41-31)34(2,3)4)30-42-35(5,25-10-14-27(37)15-11-25)36(6,26-12-16-28(38)17-13-26)45(30)33(46)44-22-20-43(21-23-44)19-9-8-18-39/h10-17,24H,7-9,19-23H2,1-6H3/t35-,36-/m0/s1. The minimum absolute atomic E-state index is 0.169. The highest BCUT2D eigenvalue weighted by molar-refractivity contribution is 6.30. The molecule has 0 radical (unpaired) electrons. The first-order valence-corrected chi connectivity index (χ1v) is 16.9. The van der Waals surface area contributed by atoms with Gasteiger partial charge in [-0.3, -0.25) is 14.8 Å². The zero-order chi connectivity index (χ0) is 34.0. The molecule has 0 saturated carbocycles. The van der Waals surface area contributed by atoms with Crippen LogP contribution >= 0.6 is 23.2 Å². The third-order valence-electron chi connectivity index (χ3n) is 9.29. The lowest BCUT2D eigenvalue weighted by molar-refractivity contribution is 0.0865. The number of carbonyl (C=O) groups excluding carboxylic acids is 1. The van der Waals surface area contributed by atoms with Crippen LogP contribution < -0.4 is 4.74 Å². The summed E-state index contributed by atoms with van der Waals surface area (Å²) in [6.07, 6.45) is 3.07. The second-order valence-corrected chi connectivity index (χ2v) is 14.3. The smallest absolute Gasteiger partial charge is 0.326 e. The number of urea groups is 1. The number of hydrogen-bond acceptors (Lipinski definition) is 7. The third kappa shape index (κ3) is 6.69. The Hall–Kier alpha value is -3.71. The Morgan fingerprint density at radius 1 is 0.979 bits per heavy atom. The molecular weight excluding hydrogens is 633 g/mol. The number of piperazine rings is 1. The molecule has 1 aromatic heterocycles. The van der Waals surface area contributed by atoms with Gasteiger partial charge in [0.2, 0.25) is 5.88 Å². The van der Waals surface area contributed by atoms with Gasteiger partial charge in [-0.25, -0.2) is 9.78 Å². The lowest BCUT2D eigenvalue weighted by atomic mass is 9.71. The van der Waals surface area contributed by atoms with Gasteiger partial charge in [0.05, 0.1) is 18.2 Å². The highest BCUT2D eigenvalue weighted by Crippen LogP contribution is 2.54. The van der Waals surface area contributed by atoms with Crippen LogP contribution in [-0.4, -0.2) is 75.9 Å². The average Bonchev–Trinajstić information content (AvgIpc) is 3.29. The molecule has 1 fully saturated rings. The summed E-state index contributed by atoms with van der Waals surface area (Å²) in [5.74, 6) is 1.45. The molecule has 3 heterocycles. The summed E-state index contributed by atoms with van der Waals surface area (Å²) in [6, 6.07) is 17.3. The first-order chi connectivity index (χ1) is 22.3. The number of aromatic nitrogens is 2. The van der Waals surface area contributed by atoms with E-state index in [0.717, 1.165) is 37.2 Å². The van der Waals surface area contributed by atoms with Gasteiger partial charge in [0.1, 0.15) is 22.7 Å². The van der Waals surface area contributed by atoms with Crippen LogP contribution in [0.15, 0.2) is 59.7 Å². The van der Waals surface area contributed by atoms with Crippen molar-refractivity contribution in [2.24, 2.45) is 4.99 Å². The molecule has 11 heteroatoms. The molecule has 2 amide bonds. The van der Waals surface area contributed by atoms with Crippen LogP contribution in [-0.2, 0) is 16.5 Å². The normalized spacial score (nSPS) is 21.8. The van der Waals surface area contributed by atoms with Crippen molar-refractivity contribution in [1.82, 2.24) is 24.7 Å². The first kappa shape index (κ1) is 34.6. The van der Waals surface area contributed by atoms with Crippen molar-refractivity contribution < 1.29 is 9.53 Å². The predicted octanol–water partition coefficient (Wildman–Crippen LogP) is 7.41. The zero-order valence-electron chi connectivity index (χ0n) is 28.1. The quantitative estimate of drug-likeness (QED) is 0.231. The van der Waals surface area contributed by atoms with E-state index in [1.165, 1.54) is 0 Å². The summed E-state index contributed by atoms with van der Waals surface area (Å²) >= 11 is 12.8. The van der Waals surface area contributed by atoms with Crippen molar-refractivity contribution in [1.29, 1.82) is 5.26 Å². The zero-order valence-corrected chi connectivity index (χ0v) is 29.6. The summed E-state index contributed by atoms with van der Waals surface area (Å²) in [4.78, 5) is 36.2. The van der Waals surface area contributed by atoms with E-state index in [0.29, 0.717) is 59.3 Å². The van der Waals surface area contributed by atoms with Crippen LogP contribution in [0.3, 0.4) is 0 Å². The van der Waals surface area contributed by atoms with E-state index in [9.17, 15) is 0 Å². The van der Waals surface area contributed by atoms with Gasteiger partial charge in [-0.1, -0.05) is 68.2 Å². The molecule has 2 aromatic carbocycles. The number of ether oxygens (including phenoxy) is 1. The maximum Gasteiger partial charge on any atom is 0.326 e. The molecule has 0 aliphatic carbocycles. The maximum absolute atomic E-state index is 15.1. The molecule has 47 heavy (non-hydrogen) atoms. The number of rotatable bonds is 8. The van der Waals surface area contributed by atoms with Gasteiger partial charge in [-0.15, -0.1) is 0 Å². The van der Waals surface area contributed by atoms with Crippen molar-refractivity contribution in [3.05, 3.63) is 87.3 Å². The number of unbranched alkanes of at least 4 members (excludes halogenated alkanes) is 1. The molecule has 2 aliphatic rings. The van der Waals surface area contributed by atoms with Crippen molar-refractivity contribution in [3.63, 3.8) is 0 Å². The molecule has 1 saturated heterocycles. The predicted molar refractivity (Wildman–Crippen MR) is 186 cm³/mol. The van der Waals surface area contributed by atoms with Crippen molar-refractivity contribution in [2.75, 3.05) is 39.3 Å². The van der Waals surface area contributed by atoms with Gasteiger partial charge in [0.15, 0.2) is 0 Å². The number of aliphatic imine (C=N–C) groups is 1. The molecule has 0 bridgehead atoms. The van der Waals surface area contributed by atoms with E-state index in [4.69, 9.17) is 48.2 Å². The van der Waals surface area contributed by atoms with Crippen LogP contribution in [0.1, 0.15) is 76.9 Å². The van der Waals surface area contributed by atoms with Crippen LogP contribution in [0.2, 0.25) is 10.0 Å². The molecule has 0 N–H and O–H groups in total. The van der Waals surface area contributed by atoms with Crippen molar-refractivity contribution >= 4 is 35.1 Å². The van der Waals surface area contributed by atoms with Gasteiger partial charge in [0.25, 0.3) is 0 Å². The van der Waals surface area contributed by atoms with Crippen LogP contribution in [0.25, 0.3) is 0 Å². The SMILES string of the molecule is CCOc1nc(C(C)(C)C)ncc1C1=N[C@@](C)(c2ccc(Cl)cc2)[C@](C)(c2ccc(Cl)cc2)N1C(=O)N1CCN(CCCC#N)CC1. The van der Waals surface area contributed by atoms with Crippen LogP contribution in [0.4, 0.5) is 4.79 Å². The fourth-order valence-electron chi connectivity index (χ4n) is 6.38. The number of nitrogens with zero attached hydrogens (tertiary/aromatic N) is 7. The fraction of sp³-hybridized carbons (Fsp3) is 0.472. The van der Waals surface area contributed by atoms with Crippen LogP contribution in [0, 0.1) is 11.3 Å².